The summed E-state index contributed by atoms with van der Waals surface area (Å²) in [5, 5.41) is 5.74. The number of Topliss-reactive ketones (excluding diaryl/α,β-unsaturated/α-hetero) is 1. The maximum absolute atomic E-state index is 11.8. The lowest BCUT2D eigenvalue weighted by atomic mass is 9.79. The predicted octanol–water partition coefficient (Wildman–Crippen LogP) is 2.57. The maximum Gasteiger partial charge on any atom is 0.223 e. The van der Waals surface area contributed by atoms with Gasteiger partial charge in [0.05, 0.1) is 19.8 Å². The van der Waals surface area contributed by atoms with Crippen molar-refractivity contribution in [2.75, 3.05) is 33.0 Å². The van der Waals surface area contributed by atoms with E-state index in [4.69, 9.17) is 9.47 Å². The standard InChI is InChI=1S/C18H32N2O5.C2H6.2H2/c1-4-24-10-7-19-18(23)14-11-15(12-14)20-17(22)6-9-25-8-5-16(21)13(2)3;1-2;;/h13-15H,4-12H2,1-3H3,(H,19,23)(H,20,22);1-2H3;2*1H. The molecule has 2 amide bonds. The largest absolute Gasteiger partial charge is 0.380 e. The molecule has 0 radical (unpaired) electrons. The van der Waals surface area contributed by atoms with Gasteiger partial charge in [-0.3, -0.25) is 14.4 Å². The second kappa shape index (κ2) is 15.6. The first-order valence-corrected chi connectivity index (χ1v) is 10.2. The number of hydrogen-bond acceptors (Lipinski definition) is 5. The zero-order valence-electron chi connectivity index (χ0n) is 17.6. The van der Waals surface area contributed by atoms with Crippen LogP contribution in [0.1, 0.15) is 63.2 Å². The number of nitrogens with one attached hydrogen (secondary N) is 2. The molecule has 0 spiro atoms. The van der Waals surface area contributed by atoms with E-state index in [0.29, 0.717) is 52.2 Å². The molecule has 1 saturated carbocycles. The van der Waals surface area contributed by atoms with Crippen LogP contribution in [0.5, 0.6) is 0 Å². The number of rotatable bonds is 13. The van der Waals surface area contributed by atoms with Crippen molar-refractivity contribution in [3.63, 3.8) is 0 Å². The topological polar surface area (TPSA) is 93.7 Å². The van der Waals surface area contributed by atoms with Crippen LogP contribution in [0.4, 0.5) is 0 Å². The Morgan fingerprint density at radius 1 is 1.04 bits per heavy atom. The van der Waals surface area contributed by atoms with Crippen LogP contribution in [-0.4, -0.2) is 56.6 Å². The second-order valence-electron chi connectivity index (χ2n) is 6.65. The van der Waals surface area contributed by atoms with E-state index in [-0.39, 0.29) is 44.7 Å². The van der Waals surface area contributed by atoms with Crippen molar-refractivity contribution in [3.8, 4) is 0 Å². The van der Waals surface area contributed by atoms with Crippen molar-refractivity contribution in [1.29, 1.82) is 0 Å². The summed E-state index contributed by atoms with van der Waals surface area (Å²) in [7, 11) is 0. The summed E-state index contributed by atoms with van der Waals surface area (Å²) in [6.45, 7) is 12.0. The molecular weight excluding hydrogens is 348 g/mol. The SMILES string of the molecule is CC.CCOCCNC(=O)C1CC(NC(=O)CCOCCC(=O)C(C)C)C1.[HH].[HH]. The molecule has 7 nitrogen and oxygen atoms in total. The first-order valence-electron chi connectivity index (χ1n) is 10.2. The van der Waals surface area contributed by atoms with Gasteiger partial charge in [-0.15, -0.1) is 0 Å². The van der Waals surface area contributed by atoms with E-state index in [9.17, 15) is 14.4 Å². The van der Waals surface area contributed by atoms with Gasteiger partial charge in [-0.05, 0) is 19.8 Å². The molecule has 1 fully saturated rings. The molecule has 1 aliphatic carbocycles. The van der Waals surface area contributed by atoms with Crippen molar-refractivity contribution in [3.05, 3.63) is 0 Å². The second-order valence-corrected chi connectivity index (χ2v) is 6.65. The van der Waals surface area contributed by atoms with Crippen LogP contribution in [-0.2, 0) is 23.9 Å². The lowest BCUT2D eigenvalue weighted by Gasteiger charge is -2.34. The monoisotopic (exact) mass is 390 g/mol. The van der Waals surface area contributed by atoms with Gasteiger partial charge in [0, 0.05) is 46.7 Å². The van der Waals surface area contributed by atoms with Crippen LogP contribution in [0.3, 0.4) is 0 Å². The van der Waals surface area contributed by atoms with Crippen molar-refractivity contribution >= 4 is 17.6 Å². The van der Waals surface area contributed by atoms with Crippen LogP contribution < -0.4 is 10.6 Å². The summed E-state index contributed by atoms with van der Waals surface area (Å²) in [4.78, 5) is 35.1. The third-order valence-corrected chi connectivity index (χ3v) is 4.23. The fourth-order valence-electron chi connectivity index (χ4n) is 2.51. The van der Waals surface area contributed by atoms with Gasteiger partial charge in [0.15, 0.2) is 0 Å². The number of hydrogen-bond donors (Lipinski definition) is 2. The lowest BCUT2D eigenvalue weighted by Crippen LogP contribution is -2.49. The molecule has 0 aromatic rings. The van der Waals surface area contributed by atoms with Gasteiger partial charge < -0.3 is 20.1 Å². The third-order valence-electron chi connectivity index (χ3n) is 4.23. The molecule has 1 rings (SSSR count). The molecule has 0 aromatic carbocycles. The summed E-state index contributed by atoms with van der Waals surface area (Å²) in [5.41, 5.74) is 0. The van der Waals surface area contributed by atoms with Gasteiger partial charge in [0.25, 0.3) is 0 Å². The average molecular weight is 391 g/mol. The van der Waals surface area contributed by atoms with E-state index >= 15 is 0 Å². The summed E-state index contributed by atoms with van der Waals surface area (Å²) >= 11 is 0. The summed E-state index contributed by atoms with van der Waals surface area (Å²) in [6, 6.07) is 0.0673. The Balaban J connectivity index is -0.00000163. The minimum absolute atomic E-state index is 0. The Labute approximate surface area is 166 Å². The van der Waals surface area contributed by atoms with Crippen LogP contribution in [0.15, 0.2) is 0 Å². The average Bonchev–Trinajstić information content (AvgIpc) is 2.62. The number of carbonyl (C=O) groups is 3. The number of ether oxygens (including phenoxy) is 2. The number of amides is 2. The first-order chi connectivity index (χ1) is 12.9. The summed E-state index contributed by atoms with van der Waals surface area (Å²) < 4.78 is 10.5. The van der Waals surface area contributed by atoms with E-state index < -0.39 is 0 Å². The van der Waals surface area contributed by atoms with Crippen LogP contribution >= 0.6 is 0 Å². The van der Waals surface area contributed by atoms with E-state index in [0.717, 1.165) is 0 Å². The van der Waals surface area contributed by atoms with Crippen LogP contribution in [0, 0.1) is 11.8 Å². The van der Waals surface area contributed by atoms with Gasteiger partial charge in [-0.25, -0.2) is 0 Å². The zero-order valence-corrected chi connectivity index (χ0v) is 17.6. The van der Waals surface area contributed by atoms with E-state index in [1.807, 2.05) is 34.6 Å². The van der Waals surface area contributed by atoms with E-state index in [2.05, 4.69) is 10.6 Å². The molecule has 0 aromatic heterocycles. The fourth-order valence-corrected chi connectivity index (χ4v) is 2.51. The van der Waals surface area contributed by atoms with Crippen molar-refractivity contribution in [2.24, 2.45) is 11.8 Å². The molecule has 0 atom stereocenters. The maximum atomic E-state index is 11.8. The van der Waals surface area contributed by atoms with E-state index in [1.165, 1.54) is 0 Å². The molecule has 7 heteroatoms. The zero-order chi connectivity index (χ0) is 20.7. The third kappa shape index (κ3) is 11.8. The van der Waals surface area contributed by atoms with Gasteiger partial charge in [-0.1, -0.05) is 27.7 Å². The van der Waals surface area contributed by atoms with Crippen molar-refractivity contribution < 1.29 is 26.7 Å². The quantitative estimate of drug-likeness (QED) is 0.471. The molecule has 162 valence electrons. The number of ketones is 1. The molecular formula is C20H42N2O5. The molecule has 0 heterocycles. The summed E-state index contributed by atoms with van der Waals surface area (Å²) in [6.07, 6.45) is 2.02. The highest BCUT2D eigenvalue weighted by Gasteiger charge is 2.34. The van der Waals surface area contributed by atoms with Gasteiger partial charge in [-0.2, -0.15) is 0 Å². The molecule has 2 N–H and O–H groups in total. The van der Waals surface area contributed by atoms with Gasteiger partial charge in [0.1, 0.15) is 5.78 Å². The van der Waals surface area contributed by atoms with Gasteiger partial charge >= 0.3 is 0 Å². The van der Waals surface area contributed by atoms with E-state index in [1.54, 1.807) is 0 Å². The summed E-state index contributed by atoms with van der Waals surface area (Å²) in [5.74, 6) is 0.128. The normalized spacial score (nSPS) is 18.1. The minimum atomic E-state index is -0.0737. The smallest absolute Gasteiger partial charge is 0.223 e. The Hall–Kier alpha value is -1.47. The highest BCUT2D eigenvalue weighted by atomic mass is 16.5. The lowest BCUT2D eigenvalue weighted by molar-refractivity contribution is -0.131. The number of carbonyl (C=O) groups excluding carboxylic acids is 3. The van der Waals surface area contributed by atoms with Crippen LogP contribution in [0.2, 0.25) is 0 Å². The fraction of sp³-hybridized carbons (Fsp3) is 0.850. The highest BCUT2D eigenvalue weighted by Crippen LogP contribution is 2.27. The molecule has 0 bridgehead atoms. The molecule has 27 heavy (non-hydrogen) atoms. The molecule has 1 aliphatic rings. The Morgan fingerprint density at radius 3 is 2.26 bits per heavy atom. The molecule has 0 saturated heterocycles. The van der Waals surface area contributed by atoms with Gasteiger partial charge in [0.2, 0.25) is 11.8 Å². The van der Waals surface area contributed by atoms with Crippen molar-refractivity contribution in [2.45, 2.75) is 66.3 Å². The predicted molar refractivity (Wildman–Crippen MR) is 110 cm³/mol. The van der Waals surface area contributed by atoms with Crippen molar-refractivity contribution in [1.82, 2.24) is 10.6 Å². The molecule has 0 aliphatic heterocycles. The first kappa shape index (κ1) is 25.5. The Morgan fingerprint density at radius 2 is 1.67 bits per heavy atom. The minimum Gasteiger partial charge on any atom is -0.380 e. The van der Waals surface area contributed by atoms with Crippen LogP contribution in [0.25, 0.3) is 0 Å². The molecule has 0 unspecified atom stereocenters. The highest BCUT2D eigenvalue weighted by molar-refractivity contribution is 5.81. The Bertz CT molecular complexity index is 445. The Kier molecular flexibility index (Phi) is 14.7.